The lowest BCUT2D eigenvalue weighted by molar-refractivity contribution is -0.136. The molecule has 0 spiro atoms. The molecular weight excluding hydrogens is 1360 g/mol. The molecule has 8 aromatic heterocycles. The number of nitrogens with zero attached hydrogens (tertiary/aromatic N) is 19. The van der Waals surface area contributed by atoms with Crippen LogP contribution in [-0.4, -0.2) is 103 Å². The number of methoxy groups -OCH3 is 1. The number of aromatic nitrogens is 19. The number of aryl methyl sites for hydroxylation is 3. The molecule has 8 aromatic carbocycles. The first-order valence-electron chi connectivity index (χ1n) is 33.0. The Balaban J connectivity index is 0.000000127. The van der Waals surface area contributed by atoms with Gasteiger partial charge < -0.3 is 21.9 Å². The highest BCUT2D eigenvalue weighted by molar-refractivity contribution is 5.93. The van der Waals surface area contributed by atoms with Crippen molar-refractivity contribution in [3.05, 3.63) is 247 Å². The van der Waals surface area contributed by atoms with Crippen molar-refractivity contribution in [2.75, 3.05) is 24.3 Å². The Morgan fingerprint density at radius 1 is 0.371 bits per heavy atom. The van der Waals surface area contributed by atoms with Crippen molar-refractivity contribution >= 4 is 61.5 Å². The molecule has 0 unspecified atom stereocenters. The summed E-state index contributed by atoms with van der Waals surface area (Å²) >= 11 is 0. The van der Waals surface area contributed by atoms with Crippen LogP contribution in [-0.2, 0) is 12.6 Å². The largest absolute Gasteiger partial charge is 0.480 e. The number of halogens is 7. The Morgan fingerprint density at radius 3 is 1.14 bits per heavy atom. The molecule has 0 saturated carbocycles. The highest BCUT2D eigenvalue weighted by Gasteiger charge is 2.33. The Labute approximate surface area is 595 Å². The molecule has 0 saturated heterocycles. The minimum atomic E-state index is -4.54. The number of rotatable bonds is 10. The maximum absolute atomic E-state index is 13.4. The van der Waals surface area contributed by atoms with Gasteiger partial charge in [-0.05, 0) is 172 Å². The van der Waals surface area contributed by atoms with Crippen molar-refractivity contribution in [2.24, 2.45) is 0 Å². The maximum atomic E-state index is 13.4. The van der Waals surface area contributed by atoms with Crippen LogP contribution in [0.2, 0.25) is 0 Å². The van der Waals surface area contributed by atoms with Crippen molar-refractivity contribution in [2.45, 2.75) is 33.3 Å². The summed E-state index contributed by atoms with van der Waals surface area (Å²) in [4.78, 5) is 46.3. The van der Waals surface area contributed by atoms with Gasteiger partial charge in [-0.15, -0.1) is 40.8 Å². The molecule has 0 bridgehead atoms. The van der Waals surface area contributed by atoms with Crippen LogP contribution >= 0.6 is 0 Å². The van der Waals surface area contributed by atoms with Gasteiger partial charge in [0.05, 0.1) is 45.8 Å². The highest BCUT2D eigenvalue weighted by atomic mass is 19.4. The molecule has 23 nitrogen and oxygen atoms in total. The van der Waals surface area contributed by atoms with Crippen molar-refractivity contribution in [3.8, 4) is 95.9 Å². The zero-order chi connectivity index (χ0) is 76.0. The zero-order valence-electron chi connectivity index (χ0n) is 58.0. The lowest BCUT2D eigenvalue weighted by Crippen LogP contribution is -2.06. The van der Waals surface area contributed by atoms with Crippen LogP contribution < -0.4 is 21.9 Å². The molecular formula is C75H53F7N22O. The summed E-state index contributed by atoms with van der Waals surface area (Å²) < 4.78 is 122. The van der Waals surface area contributed by atoms with E-state index in [2.05, 4.69) is 95.6 Å². The van der Waals surface area contributed by atoms with Gasteiger partial charge in [0.15, 0.2) is 0 Å². The highest BCUT2D eigenvalue weighted by Crippen LogP contribution is 2.39. The number of nitrogens with two attached hydrogens (primary N) is 3. The Morgan fingerprint density at radius 2 is 0.724 bits per heavy atom. The Hall–Kier alpha value is -14.1. The molecule has 0 aliphatic rings. The molecule has 0 aliphatic carbocycles. The standard InChI is InChI=1S/C19H11F4N5.C19H15FN6.C19H14FN5O.C18H13FN6/c20-12-4-1-10(2-5-12)16-17(27-28-18(24)26-16)11-3-6-15-13(9-11)14(7-8-25-15)19(21,22)23;1-2-15-14-9-12(5-8-16(14)23-10-22-15)18-17(24-19(21)26-25-18)11-3-6-13(20)7-4-11;1-11-23-17(12-3-6-14(20)7-4-12)18(25-24-11)13-5-8-16-15(9-13)19(26-2)22-10-21-16;1-10-14-8-12(4-7-15(14)22-9-21-10)17-16(23-18(20)25-24-17)11-2-5-13(19)6-3-11/h1-9H,(H2,24,26,28);3-10H,2H2,1H3,(H2,21,24,26);3-10H,1-2H3;2-9H,1H3,(H2,20,23,25)/i;;;1D3. The number of anilines is 3. The van der Waals surface area contributed by atoms with E-state index < -0.39 is 24.4 Å². The van der Waals surface area contributed by atoms with E-state index in [-0.39, 0.29) is 63.3 Å². The third kappa shape index (κ3) is 15.5. The van der Waals surface area contributed by atoms with Gasteiger partial charge in [0, 0.05) is 76.7 Å². The summed E-state index contributed by atoms with van der Waals surface area (Å²) in [6, 6.07) is 45.1. The van der Waals surface area contributed by atoms with E-state index in [0.29, 0.717) is 84.6 Å². The smallest absolute Gasteiger partial charge is 0.417 e. The second kappa shape index (κ2) is 30.0. The van der Waals surface area contributed by atoms with Crippen LogP contribution in [0.3, 0.4) is 0 Å². The first kappa shape index (κ1) is 65.5. The summed E-state index contributed by atoms with van der Waals surface area (Å²) in [5.41, 5.74) is 28.2. The molecule has 0 atom stereocenters. The lowest BCUT2D eigenvalue weighted by Gasteiger charge is -2.12. The van der Waals surface area contributed by atoms with Gasteiger partial charge in [-0.1, -0.05) is 31.2 Å². The Bertz CT molecular complexity index is 5650. The Kier molecular flexibility index (Phi) is 18.7. The van der Waals surface area contributed by atoms with Gasteiger partial charge >= 0.3 is 6.18 Å². The fraction of sp³-hybridized carbons (Fsp3) is 0.0800. The van der Waals surface area contributed by atoms with Crippen LogP contribution in [0, 0.1) is 37.0 Å². The van der Waals surface area contributed by atoms with E-state index in [1.807, 2.05) is 43.3 Å². The van der Waals surface area contributed by atoms with E-state index in [0.717, 1.165) is 62.9 Å². The average molecular weight is 1410 g/mol. The quantitative estimate of drug-likeness (QED) is 0.107. The number of pyridine rings is 1. The van der Waals surface area contributed by atoms with Crippen molar-refractivity contribution < 1.29 is 39.6 Å². The van der Waals surface area contributed by atoms with E-state index in [1.54, 1.807) is 81.0 Å². The summed E-state index contributed by atoms with van der Waals surface area (Å²) in [5, 5.41) is 34.2. The fourth-order valence-corrected chi connectivity index (χ4v) is 11.1. The summed E-state index contributed by atoms with van der Waals surface area (Å²) in [5.74, 6) is -0.508. The summed E-state index contributed by atoms with van der Waals surface area (Å²) in [6.45, 7) is 1.41. The third-order valence-electron chi connectivity index (χ3n) is 16.0. The first-order chi connectivity index (χ1) is 52.0. The second-order valence-electron chi connectivity index (χ2n) is 22.7. The van der Waals surface area contributed by atoms with E-state index in [1.165, 1.54) is 85.5 Å². The first-order valence-corrected chi connectivity index (χ1v) is 31.5. The maximum Gasteiger partial charge on any atom is 0.417 e. The molecule has 0 amide bonds. The predicted molar refractivity (Wildman–Crippen MR) is 381 cm³/mol. The van der Waals surface area contributed by atoms with Gasteiger partial charge in [-0.25, -0.2) is 67.4 Å². The summed E-state index contributed by atoms with van der Waals surface area (Å²) in [6.07, 6.45) is 1.61. The fourth-order valence-electron chi connectivity index (χ4n) is 11.1. The molecule has 0 fully saturated rings. The number of alkyl halides is 3. The van der Waals surface area contributed by atoms with Crippen LogP contribution in [0.5, 0.6) is 5.88 Å². The molecule has 105 heavy (non-hydrogen) atoms. The minimum Gasteiger partial charge on any atom is -0.480 e. The third-order valence-corrected chi connectivity index (χ3v) is 16.0. The molecule has 0 aliphatic heterocycles. The van der Waals surface area contributed by atoms with Gasteiger partial charge in [0.2, 0.25) is 23.7 Å². The van der Waals surface area contributed by atoms with Gasteiger partial charge in [0.1, 0.15) is 93.6 Å². The second-order valence-corrected chi connectivity index (χ2v) is 22.7. The SMILES string of the molecule is CCc1ncnc2ccc(-c3nnc(N)nc3-c3ccc(F)cc3)cc12.COc1ncnc2ccc(-c3nnc(C)nc3-c3ccc(F)cc3)cc12.Nc1nnc(-c2ccc3nccc(C(F)(F)F)c3c2)c(-c2ccc(F)cc2)n1.[2H]C([2H])([2H])c1ncnc2ccc(-c3nnc(N)nc3-c3ccc(F)cc3)cc12. The molecule has 6 N–H and O–H groups in total. The van der Waals surface area contributed by atoms with Crippen LogP contribution in [0.15, 0.2) is 201 Å². The molecule has 8 heterocycles. The average Bonchev–Trinajstić information content (AvgIpc) is 0.722. The van der Waals surface area contributed by atoms with E-state index in [9.17, 15) is 30.7 Å². The van der Waals surface area contributed by atoms with Crippen LogP contribution in [0.25, 0.3) is 134 Å². The van der Waals surface area contributed by atoms with Crippen LogP contribution in [0.4, 0.5) is 48.6 Å². The van der Waals surface area contributed by atoms with Gasteiger partial charge in [-0.2, -0.15) is 13.2 Å². The molecule has 0 radical (unpaired) electrons. The molecule has 30 heteroatoms. The number of benzene rings is 8. The van der Waals surface area contributed by atoms with Gasteiger partial charge in [0.25, 0.3) is 0 Å². The van der Waals surface area contributed by atoms with Crippen molar-refractivity contribution in [3.63, 3.8) is 0 Å². The number of hydrogen-bond acceptors (Lipinski definition) is 23. The number of hydrogen-bond donors (Lipinski definition) is 3. The topological polar surface area (TPSA) is 332 Å². The number of nitrogen functional groups attached to an aromatic ring is 3. The minimum absolute atomic E-state index is 0.0321. The predicted octanol–water partition coefficient (Wildman–Crippen LogP) is 14.7. The number of fused-ring (bicyclic) bond motifs is 4. The van der Waals surface area contributed by atoms with Crippen molar-refractivity contribution in [1.29, 1.82) is 0 Å². The summed E-state index contributed by atoms with van der Waals surface area (Å²) in [7, 11) is 1.56. The monoisotopic (exact) mass is 1410 g/mol. The van der Waals surface area contributed by atoms with Crippen molar-refractivity contribution in [1.82, 2.24) is 95.6 Å². The van der Waals surface area contributed by atoms with Crippen LogP contribution in [0.1, 0.15) is 33.8 Å². The molecule has 16 rings (SSSR count). The molecule has 518 valence electrons. The zero-order valence-corrected chi connectivity index (χ0v) is 55.0. The number of ether oxygens (including phenoxy) is 1. The normalized spacial score (nSPS) is 11.7. The van der Waals surface area contributed by atoms with E-state index in [4.69, 9.17) is 26.1 Å². The van der Waals surface area contributed by atoms with E-state index >= 15 is 0 Å². The lowest BCUT2D eigenvalue weighted by atomic mass is 10.0. The van der Waals surface area contributed by atoms with Gasteiger partial charge in [-0.3, -0.25) is 4.98 Å². The molecule has 16 aromatic rings.